The van der Waals surface area contributed by atoms with Crippen LogP contribution in [-0.2, 0) is 0 Å². The zero-order valence-corrected chi connectivity index (χ0v) is 12.1. The van der Waals surface area contributed by atoms with Crippen molar-refractivity contribution < 1.29 is 4.79 Å². The van der Waals surface area contributed by atoms with Gasteiger partial charge in [0.05, 0.1) is 0 Å². The van der Waals surface area contributed by atoms with Crippen molar-refractivity contribution >= 4 is 27.5 Å². The molecule has 2 heterocycles. The Bertz CT molecular complexity index is 806. The lowest BCUT2D eigenvalue weighted by Gasteiger charge is -2.05. The monoisotopic (exact) mass is 282 g/mol. The Hall–Kier alpha value is -2.20. The molecular formula is C16H14N2OS. The lowest BCUT2D eigenvalue weighted by Crippen LogP contribution is -2.09. The van der Waals surface area contributed by atoms with Gasteiger partial charge in [-0.05, 0) is 31.0 Å². The van der Waals surface area contributed by atoms with Gasteiger partial charge in [-0.15, -0.1) is 11.3 Å². The number of hydrogen-bond donors (Lipinski definition) is 1. The molecule has 3 rings (SSSR count). The van der Waals surface area contributed by atoms with Crippen LogP contribution < -0.4 is 5.73 Å². The summed E-state index contributed by atoms with van der Waals surface area (Å²) in [5, 5.41) is 1.03. The molecule has 0 bridgehead atoms. The number of benzene rings is 1. The predicted molar refractivity (Wildman–Crippen MR) is 83.0 cm³/mol. The SMILES string of the molecule is Cc1cc(C)c2c(-c3ccccc3)c(C(N)=O)sc2n1. The van der Waals surface area contributed by atoms with Crippen molar-refractivity contribution in [3.05, 3.63) is 52.5 Å². The molecule has 3 nitrogen and oxygen atoms in total. The first-order valence-electron chi connectivity index (χ1n) is 6.34. The molecule has 3 aromatic rings. The van der Waals surface area contributed by atoms with Gasteiger partial charge in [-0.2, -0.15) is 0 Å². The second-order valence-corrected chi connectivity index (χ2v) is 5.80. The highest BCUT2D eigenvalue weighted by atomic mass is 32.1. The lowest BCUT2D eigenvalue weighted by atomic mass is 10.00. The highest BCUT2D eigenvalue weighted by molar-refractivity contribution is 7.21. The van der Waals surface area contributed by atoms with E-state index in [1.165, 1.54) is 11.3 Å². The first-order chi connectivity index (χ1) is 9.58. The molecule has 0 aliphatic rings. The average molecular weight is 282 g/mol. The third kappa shape index (κ3) is 1.98. The molecule has 0 spiro atoms. The van der Waals surface area contributed by atoms with Crippen molar-refractivity contribution in [3.63, 3.8) is 0 Å². The Morgan fingerprint density at radius 2 is 1.90 bits per heavy atom. The molecule has 0 aliphatic carbocycles. The number of amides is 1. The van der Waals surface area contributed by atoms with E-state index in [1.54, 1.807) is 0 Å². The molecule has 0 radical (unpaired) electrons. The van der Waals surface area contributed by atoms with Crippen LogP contribution in [0.1, 0.15) is 20.9 Å². The van der Waals surface area contributed by atoms with Crippen LogP contribution in [0.4, 0.5) is 0 Å². The van der Waals surface area contributed by atoms with E-state index < -0.39 is 5.91 Å². The van der Waals surface area contributed by atoms with Crippen LogP contribution in [0, 0.1) is 13.8 Å². The minimum Gasteiger partial charge on any atom is -0.365 e. The highest BCUT2D eigenvalue weighted by Crippen LogP contribution is 2.39. The number of aryl methyl sites for hydroxylation is 2. The number of nitrogens with two attached hydrogens (primary N) is 1. The summed E-state index contributed by atoms with van der Waals surface area (Å²) < 4.78 is 0. The van der Waals surface area contributed by atoms with Crippen LogP contribution in [0.25, 0.3) is 21.3 Å². The molecule has 4 heteroatoms. The topological polar surface area (TPSA) is 56.0 Å². The molecule has 1 aromatic carbocycles. The van der Waals surface area contributed by atoms with Gasteiger partial charge in [0, 0.05) is 16.6 Å². The van der Waals surface area contributed by atoms with Gasteiger partial charge in [-0.1, -0.05) is 30.3 Å². The molecule has 2 aromatic heterocycles. The third-order valence-electron chi connectivity index (χ3n) is 3.27. The maximum atomic E-state index is 11.8. The average Bonchev–Trinajstić information content (AvgIpc) is 2.79. The van der Waals surface area contributed by atoms with Crippen molar-refractivity contribution in [2.45, 2.75) is 13.8 Å². The summed E-state index contributed by atoms with van der Waals surface area (Å²) >= 11 is 1.37. The maximum absolute atomic E-state index is 11.8. The van der Waals surface area contributed by atoms with E-state index in [9.17, 15) is 4.79 Å². The fourth-order valence-electron chi connectivity index (χ4n) is 2.50. The quantitative estimate of drug-likeness (QED) is 0.779. The van der Waals surface area contributed by atoms with Gasteiger partial charge in [0.15, 0.2) is 0 Å². The number of hydrogen-bond acceptors (Lipinski definition) is 3. The summed E-state index contributed by atoms with van der Waals surface area (Å²) in [7, 11) is 0. The van der Waals surface area contributed by atoms with Crippen LogP contribution in [0.5, 0.6) is 0 Å². The number of carbonyl (C=O) groups excluding carboxylic acids is 1. The molecule has 0 unspecified atom stereocenters. The zero-order valence-electron chi connectivity index (χ0n) is 11.3. The minimum atomic E-state index is -0.399. The van der Waals surface area contributed by atoms with Crippen LogP contribution in [-0.4, -0.2) is 10.9 Å². The number of pyridine rings is 1. The number of fused-ring (bicyclic) bond motifs is 1. The molecule has 100 valence electrons. The fourth-order valence-corrected chi connectivity index (χ4v) is 3.67. The van der Waals surface area contributed by atoms with Gasteiger partial charge >= 0.3 is 0 Å². The summed E-state index contributed by atoms with van der Waals surface area (Å²) in [6, 6.07) is 11.9. The molecule has 1 amide bonds. The summed E-state index contributed by atoms with van der Waals surface area (Å²) in [5.74, 6) is -0.399. The smallest absolute Gasteiger partial charge is 0.259 e. The standard InChI is InChI=1S/C16H14N2OS/c1-9-8-10(2)18-16-12(9)13(14(20-16)15(17)19)11-6-4-3-5-7-11/h3-8H,1-2H3,(H2,17,19). The molecule has 2 N–H and O–H groups in total. The fraction of sp³-hybridized carbons (Fsp3) is 0.125. The Kier molecular flexibility index (Phi) is 3.03. The number of thiophene rings is 1. The van der Waals surface area contributed by atoms with Gasteiger partial charge in [0.1, 0.15) is 9.71 Å². The predicted octanol–water partition coefficient (Wildman–Crippen LogP) is 3.68. The molecule has 20 heavy (non-hydrogen) atoms. The van der Waals surface area contributed by atoms with E-state index in [-0.39, 0.29) is 0 Å². The van der Waals surface area contributed by atoms with E-state index in [1.807, 2.05) is 50.2 Å². The Balaban J connectivity index is 2.44. The van der Waals surface area contributed by atoms with Gasteiger partial charge in [0.2, 0.25) is 0 Å². The second-order valence-electron chi connectivity index (χ2n) is 4.80. The maximum Gasteiger partial charge on any atom is 0.259 e. The molecule has 0 aliphatic heterocycles. The number of rotatable bonds is 2. The molecule has 0 saturated carbocycles. The Morgan fingerprint density at radius 1 is 1.20 bits per heavy atom. The zero-order chi connectivity index (χ0) is 14.3. The Labute approximate surface area is 121 Å². The van der Waals surface area contributed by atoms with Crippen molar-refractivity contribution in [1.82, 2.24) is 4.98 Å². The largest absolute Gasteiger partial charge is 0.365 e. The highest BCUT2D eigenvalue weighted by Gasteiger charge is 2.20. The van der Waals surface area contributed by atoms with Crippen LogP contribution in [0.2, 0.25) is 0 Å². The lowest BCUT2D eigenvalue weighted by molar-refractivity contribution is 0.100. The second kappa shape index (κ2) is 4.72. The van der Waals surface area contributed by atoms with Gasteiger partial charge in [0.25, 0.3) is 5.91 Å². The van der Waals surface area contributed by atoms with E-state index in [0.717, 1.165) is 32.6 Å². The van der Waals surface area contributed by atoms with E-state index >= 15 is 0 Å². The third-order valence-corrected chi connectivity index (χ3v) is 4.37. The van der Waals surface area contributed by atoms with Crippen molar-refractivity contribution in [1.29, 1.82) is 0 Å². The minimum absolute atomic E-state index is 0.399. The van der Waals surface area contributed by atoms with E-state index in [4.69, 9.17) is 5.73 Å². The summed E-state index contributed by atoms with van der Waals surface area (Å²) in [5.41, 5.74) is 9.53. The van der Waals surface area contributed by atoms with Gasteiger partial charge < -0.3 is 5.73 Å². The van der Waals surface area contributed by atoms with Crippen LogP contribution in [0.3, 0.4) is 0 Å². The number of nitrogens with zero attached hydrogens (tertiary/aromatic N) is 1. The van der Waals surface area contributed by atoms with Crippen LogP contribution >= 0.6 is 11.3 Å². The van der Waals surface area contributed by atoms with Crippen molar-refractivity contribution in [2.75, 3.05) is 0 Å². The van der Waals surface area contributed by atoms with Crippen molar-refractivity contribution in [3.8, 4) is 11.1 Å². The molecular weight excluding hydrogens is 268 g/mol. The molecule has 0 saturated heterocycles. The van der Waals surface area contributed by atoms with Crippen molar-refractivity contribution in [2.24, 2.45) is 5.73 Å². The first kappa shape index (κ1) is 12.8. The normalized spacial score (nSPS) is 10.9. The summed E-state index contributed by atoms with van der Waals surface area (Å²) in [6.45, 7) is 4.00. The Morgan fingerprint density at radius 3 is 2.55 bits per heavy atom. The van der Waals surface area contributed by atoms with E-state index in [2.05, 4.69) is 4.98 Å². The number of primary amides is 1. The van der Waals surface area contributed by atoms with Gasteiger partial charge in [-0.3, -0.25) is 4.79 Å². The summed E-state index contributed by atoms with van der Waals surface area (Å²) in [6.07, 6.45) is 0. The first-order valence-corrected chi connectivity index (χ1v) is 7.15. The summed E-state index contributed by atoms with van der Waals surface area (Å²) in [4.78, 5) is 17.7. The number of carbonyl (C=O) groups is 1. The molecule has 0 fully saturated rings. The number of aromatic nitrogens is 1. The molecule has 0 atom stereocenters. The van der Waals surface area contributed by atoms with Gasteiger partial charge in [-0.25, -0.2) is 4.98 Å². The van der Waals surface area contributed by atoms with E-state index in [0.29, 0.717) is 4.88 Å². The van der Waals surface area contributed by atoms with Crippen LogP contribution in [0.15, 0.2) is 36.4 Å².